The van der Waals surface area contributed by atoms with Gasteiger partial charge in [-0.3, -0.25) is 14.4 Å². The number of likely N-dealkylation sites (tertiary alicyclic amines) is 2. The number of carbonyl (C=O) groups is 3. The molecular formula is C47H38Cl2N8O6. The quantitative estimate of drug-likeness (QED) is 0.133. The number of nitrogens with one attached hydrogen (secondary N) is 2. The van der Waals surface area contributed by atoms with Crippen molar-refractivity contribution in [3.63, 3.8) is 0 Å². The molecule has 0 spiro atoms. The first-order valence-electron chi connectivity index (χ1n) is 20.4. The maximum atomic E-state index is 14.1. The largest absolute Gasteiger partial charge is 0.496 e. The van der Waals surface area contributed by atoms with Gasteiger partial charge < -0.3 is 34.0 Å². The summed E-state index contributed by atoms with van der Waals surface area (Å²) < 4.78 is 17.3. The lowest BCUT2D eigenvalue weighted by molar-refractivity contribution is -0.119. The molecular weight excluding hydrogens is 843 g/mol. The fourth-order valence-corrected chi connectivity index (χ4v) is 9.19. The molecule has 16 heteroatoms. The van der Waals surface area contributed by atoms with Crippen LogP contribution in [0.3, 0.4) is 0 Å². The minimum Gasteiger partial charge on any atom is -0.496 e. The van der Waals surface area contributed by atoms with E-state index in [9.17, 15) is 14.4 Å². The average molecular weight is 882 g/mol. The maximum absolute atomic E-state index is 14.1. The molecule has 0 aliphatic carbocycles. The number of aromatic amines is 1. The van der Waals surface area contributed by atoms with Crippen molar-refractivity contribution in [3.05, 3.63) is 125 Å². The summed E-state index contributed by atoms with van der Waals surface area (Å²) in [4.78, 5) is 67.0. The molecule has 63 heavy (non-hydrogen) atoms. The highest BCUT2D eigenvalue weighted by molar-refractivity contribution is 6.31. The Morgan fingerprint density at radius 3 is 2.08 bits per heavy atom. The van der Waals surface area contributed by atoms with Crippen molar-refractivity contribution in [1.29, 1.82) is 0 Å². The molecule has 2 aliphatic heterocycles. The SMILES string of the molecule is COc1cccc2c(C(=O)N3CCC[C@H]3C(=O)Nc3cccc(-c4ncc(-c5ccc6nc([C@@H]7CCCN7C(=O)c7nc(Cl)cc8c(OC)cccc78)[nH]c6c5)o4)c3)nc(Cl)cc12. The number of nitrogens with zero attached hydrogens (tertiary/aromatic N) is 6. The van der Waals surface area contributed by atoms with E-state index in [1.807, 2.05) is 42.5 Å². The van der Waals surface area contributed by atoms with Gasteiger partial charge in [0.2, 0.25) is 11.8 Å². The number of halogens is 2. The summed E-state index contributed by atoms with van der Waals surface area (Å²) in [5.41, 5.74) is 3.91. The van der Waals surface area contributed by atoms with E-state index in [0.717, 1.165) is 34.8 Å². The Kier molecular flexibility index (Phi) is 10.4. The Labute approximate surface area is 370 Å². The zero-order chi connectivity index (χ0) is 43.4. The number of anilines is 1. The molecule has 0 radical (unpaired) electrons. The number of rotatable bonds is 9. The molecule has 4 aromatic heterocycles. The Hall–Kier alpha value is -7.03. The van der Waals surface area contributed by atoms with Gasteiger partial charge in [0, 0.05) is 51.4 Å². The van der Waals surface area contributed by atoms with Crippen molar-refractivity contribution in [1.82, 2.24) is 34.7 Å². The van der Waals surface area contributed by atoms with E-state index >= 15 is 0 Å². The number of benzene rings is 4. The van der Waals surface area contributed by atoms with Crippen LogP contribution in [0.15, 0.2) is 102 Å². The number of ether oxygens (including phenoxy) is 2. The smallest absolute Gasteiger partial charge is 0.273 e. The van der Waals surface area contributed by atoms with Gasteiger partial charge in [-0.05, 0) is 86.3 Å². The summed E-state index contributed by atoms with van der Waals surface area (Å²) in [6, 6.07) is 26.2. The van der Waals surface area contributed by atoms with Crippen LogP contribution in [0.25, 0.3) is 55.4 Å². The molecule has 0 bridgehead atoms. The predicted octanol–water partition coefficient (Wildman–Crippen LogP) is 9.53. The summed E-state index contributed by atoms with van der Waals surface area (Å²) in [7, 11) is 3.13. The summed E-state index contributed by atoms with van der Waals surface area (Å²) in [5.74, 6) is 1.83. The molecule has 6 heterocycles. The molecule has 2 atom stereocenters. The van der Waals surface area contributed by atoms with E-state index in [4.69, 9.17) is 42.1 Å². The number of H-pyrrole nitrogens is 1. The van der Waals surface area contributed by atoms with Crippen LogP contribution in [-0.4, -0.2) is 85.8 Å². The third kappa shape index (κ3) is 7.34. The molecule has 0 unspecified atom stereocenters. The summed E-state index contributed by atoms with van der Waals surface area (Å²) >= 11 is 12.8. The number of oxazole rings is 1. The third-order valence-electron chi connectivity index (χ3n) is 11.8. The van der Waals surface area contributed by atoms with Crippen LogP contribution in [0.1, 0.15) is 58.5 Å². The minimum absolute atomic E-state index is 0.156. The number of imidazole rings is 1. The van der Waals surface area contributed by atoms with Crippen molar-refractivity contribution in [2.75, 3.05) is 32.6 Å². The highest BCUT2D eigenvalue weighted by Gasteiger charge is 2.37. The first-order valence-corrected chi connectivity index (χ1v) is 21.2. The van der Waals surface area contributed by atoms with Crippen LogP contribution >= 0.6 is 23.2 Å². The number of hydrogen-bond acceptors (Lipinski definition) is 10. The fourth-order valence-electron chi connectivity index (χ4n) is 8.80. The third-order valence-corrected chi connectivity index (χ3v) is 12.2. The highest BCUT2D eigenvalue weighted by atomic mass is 35.5. The van der Waals surface area contributed by atoms with E-state index in [1.54, 1.807) is 78.7 Å². The first-order chi connectivity index (χ1) is 30.7. The molecule has 4 aromatic carbocycles. The van der Waals surface area contributed by atoms with Gasteiger partial charge in [0.25, 0.3) is 11.8 Å². The number of methoxy groups -OCH3 is 2. The Morgan fingerprint density at radius 2 is 1.38 bits per heavy atom. The topological polar surface area (TPSA) is 169 Å². The van der Waals surface area contributed by atoms with Crippen molar-refractivity contribution in [2.45, 2.75) is 37.8 Å². The molecule has 2 aliphatic rings. The van der Waals surface area contributed by atoms with E-state index < -0.39 is 6.04 Å². The van der Waals surface area contributed by atoms with Crippen molar-refractivity contribution < 1.29 is 28.3 Å². The Morgan fingerprint density at radius 1 is 0.730 bits per heavy atom. The normalized spacial score (nSPS) is 16.3. The molecule has 2 N–H and O–H groups in total. The standard InChI is InChI=1S/C47H38Cl2N8O6/c1-61-36-14-4-10-28-30(36)22-39(48)54-41(28)46(59)56-18-6-12-34(56)43-52-32-17-16-25(21-33(32)53-43)38-24-50-45(63-38)26-8-3-9-27(20-26)51-44(58)35-13-7-19-57(35)47(60)42-29-11-5-15-37(62-2)31(29)23-40(49)55-42/h3-5,8-11,14-17,20-24,34-35H,6-7,12-13,18-19H2,1-2H3,(H,51,58)(H,52,53)/t34-,35-/m0/s1. The monoisotopic (exact) mass is 880 g/mol. The van der Waals surface area contributed by atoms with Crippen LogP contribution in [-0.2, 0) is 4.79 Å². The molecule has 316 valence electrons. The van der Waals surface area contributed by atoms with Crippen molar-refractivity contribution >= 4 is 79.2 Å². The highest BCUT2D eigenvalue weighted by Crippen LogP contribution is 2.37. The van der Waals surface area contributed by atoms with Gasteiger partial charge in [0.15, 0.2) is 5.76 Å². The van der Waals surface area contributed by atoms with Crippen LogP contribution in [0.2, 0.25) is 10.3 Å². The van der Waals surface area contributed by atoms with Crippen molar-refractivity contribution in [3.8, 4) is 34.3 Å². The lowest BCUT2D eigenvalue weighted by Gasteiger charge is -2.24. The fraction of sp³-hybridized carbons (Fsp3) is 0.213. The lowest BCUT2D eigenvalue weighted by atomic mass is 10.1. The number of carbonyl (C=O) groups excluding carboxylic acids is 3. The zero-order valence-corrected chi connectivity index (χ0v) is 35.5. The molecule has 0 saturated carbocycles. The van der Waals surface area contributed by atoms with Crippen LogP contribution in [0.4, 0.5) is 5.69 Å². The summed E-state index contributed by atoms with van der Waals surface area (Å²) in [6.07, 6.45) is 4.34. The van der Waals surface area contributed by atoms with E-state index in [2.05, 4.69) is 25.3 Å². The van der Waals surface area contributed by atoms with E-state index in [0.29, 0.717) is 82.3 Å². The second-order valence-electron chi connectivity index (χ2n) is 15.5. The molecule has 3 amide bonds. The van der Waals surface area contributed by atoms with E-state index in [1.165, 1.54) is 0 Å². The van der Waals surface area contributed by atoms with Crippen LogP contribution in [0, 0.1) is 0 Å². The molecule has 14 nitrogen and oxygen atoms in total. The molecule has 8 aromatic rings. The number of aromatic nitrogens is 5. The Balaban J connectivity index is 0.849. The number of fused-ring (bicyclic) bond motifs is 3. The van der Waals surface area contributed by atoms with Crippen LogP contribution in [0.5, 0.6) is 11.5 Å². The van der Waals surface area contributed by atoms with Gasteiger partial charge in [-0.15, -0.1) is 0 Å². The second kappa shape index (κ2) is 16.3. The first kappa shape index (κ1) is 40.1. The van der Waals surface area contributed by atoms with Crippen molar-refractivity contribution in [2.24, 2.45) is 0 Å². The van der Waals surface area contributed by atoms with Gasteiger partial charge in [-0.1, -0.05) is 53.5 Å². The Bertz CT molecular complexity index is 3130. The molecule has 10 rings (SSSR count). The van der Waals surface area contributed by atoms with Gasteiger partial charge >= 0.3 is 0 Å². The predicted molar refractivity (Wildman–Crippen MR) is 239 cm³/mol. The van der Waals surface area contributed by atoms with Gasteiger partial charge in [0.1, 0.15) is 45.1 Å². The van der Waals surface area contributed by atoms with Gasteiger partial charge in [-0.2, -0.15) is 0 Å². The summed E-state index contributed by atoms with van der Waals surface area (Å²) in [6.45, 7) is 0.946. The zero-order valence-electron chi connectivity index (χ0n) is 34.0. The number of amides is 3. The second-order valence-corrected chi connectivity index (χ2v) is 16.2. The molecule has 2 saturated heterocycles. The van der Waals surface area contributed by atoms with Gasteiger partial charge in [-0.25, -0.2) is 19.9 Å². The van der Waals surface area contributed by atoms with Crippen LogP contribution < -0.4 is 14.8 Å². The number of hydrogen-bond donors (Lipinski definition) is 2. The van der Waals surface area contributed by atoms with E-state index in [-0.39, 0.29) is 45.5 Å². The molecule has 2 fully saturated rings. The summed E-state index contributed by atoms with van der Waals surface area (Å²) in [5, 5.41) is 6.00. The number of pyridine rings is 2. The maximum Gasteiger partial charge on any atom is 0.273 e. The van der Waals surface area contributed by atoms with Gasteiger partial charge in [0.05, 0.1) is 37.5 Å². The average Bonchev–Trinajstić information content (AvgIpc) is 4.14. The minimum atomic E-state index is -0.712. The lowest BCUT2D eigenvalue weighted by Crippen LogP contribution is -2.43.